The number of piperidine rings is 1. The smallest absolute Gasteiger partial charge is 0.416 e. The first-order valence-corrected chi connectivity index (χ1v) is 16.3. The van der Waals surface area contributed by atoms with Crippen LogP contribution in [0.25, 0.3) is 6.08 Å². The molecule has 1 spiro atoms. The molecule has 6 nitrogen and oxygen atoms in total. The van der Waals surface area contributed by atoms with Crippen molar-refractivity contribution in [2.45, 2.75) is 93.2 Å². The highest BCUT2D eigenvalue weighted by molar-refractivity contribution is 5.92. The average molecular weight is 623 g/mol. The Bertz CT molecular complexity index is 1520. The van der Waals surface area contributed by atoms with Gasteiger partial charge in [-0.1, -0.05) is 43.5 Å². The molecular formula is C36H41F3N2O4. The van der Waals surface area contributed by atoms with Crippen molar-refractivity contribution < 1.29 is 32.9 Å². The number of carbonyl (C=O) groups is 1. The topological polar surface area (TPSA) is 73.2 Å². The highest BCUT2D eigenvalue weighted by Gasteiger charge is 2.73. The summed E-state index contributed by atoms with van der Waals surface area (Å²) < 4.78 is 46.8. The van der Waals surface area contributed by atoms with Crippen LogP contribution >= 0.6 is 0 Å². The third-order valence-electron chi connectivity index (χ3n) is 11.4. The fourth-order valence-corrected chi connectivity index (χ4v) is 9.43. The number of ether oxygens (including phenoxy) is 1. The number of carbonyl (C=O) groups excluding carboxylic acids is 1. The Hall–Kier alpha value is -3.30. The van der Waals surface area contributed by atoms with Crippen LogP contribution < -0.4 is 4.74 Å². The molecule has 45 heavy (non-hydrogen) atoms. The maximum Gasteiger partial charge on any atom is 0.416 e. The molecule has 0 unspecified atom stereocenters. The second-order valence-corrected chi connectivity index (χ2v) is 13.7. The van der Waals surface area contributed by atoms with Gasteiger partial charge in [-0.2, -0.15) is 13.2 Å². The number of phenolic OH excluding ortho intramolecular Hbond substituents is 1. The van der Waals surface area contributed by atoms with Crippen molar-refractivity contribution in [2.75, 3.05) is 19.6 Å². The molecule has 5 aliphatic rings. The van der Waals surface area contributed by atoms with Gasteiger partial charge < -0.3 is 19.8 Å². The second kappa shape index (κ2) is 11.2. The van der Waals surface area contributed by atoms with Gasteiger partial charge in [0.15, 0.2) is 11.5 Å². The number of aromatic hydroxyl groups is 1. The van der Waals surface area contributed by atoms with Gasteiger partial charge in [0.05, 0.1) is 22.6 Å². The molecule has 1 saturated heterocycles. The van der Waals surface area contributed by atoms with Crippen LogP contribution in [0.5, 0.6) is 11.5 Å². The Labute approximate surface area is 262 Å². The maximum absolute atomic E-state index is 14.2. The average Bonchev–Trinajstić information content (AvgIpc) is 3.38. The van der Waals surface area contributed by atoms with Crippen molar-refractivity contribution in [3.05, 3.63) is 77.4 Å². The molecule has 3 aliphatic carbocycles. The van der Waals surface area contributed by atoms with Crippen LogP contribution in [0.4, 0.5) is 13.2 Å². The standard InChI is InChI=1S/C36H41F3N2O4/c1-2-18-40-19-17-34-31-25-12-13-28(42)32(31)45-33(34)27(15-16-35(34,44)29(40)21-25)41(22-24-7-4-3-5-8-24)30(43)14-11-23-9-6-10-26(20-23)36(37,38)39/h2,6,9-14,20,24,27,29,33,42,44H,1,3-5,7-8,15-19,21-22H2/t27-,29+,33-,34-,35+/m0/s1. The molecule has 2 bridgehead atoms. The van der Waals surface area contributed by atoms with Crippen molar-refractivity contribution in [1.82, 2.24) is 9.80 Å². The number of likely N-dealkylation sites (tertiary alicyclic amines) is 1. The summed E-state index contributed by atoms with van der Waals surface area (Å²) in [6.07, 6.45) is 7.31. The molecule has 2 heterocycles. The van der Waals surface area contributed by atoms with E-state index in [1.807, 2.05) is 17.0 Å². The molecule has 7 rings (SSSR count). The van der Waals surface area contributed by atoms with E-state index < -0.39 is 28.9 Å². The molecule has 1 amide bonds. The number of alkyl halides is 3. The Morgan fingerprint density at radius 1 is 1.13 bits per heavy atom. The largest absolute Gasteiger partial charge is 0.504 e. The van der Waals surface area contributed by atoms with Gasteiger partial charge in [-0.15, -0.1) is 6.58 Å². The number of phenols is 1. The van der Waals surface area contributed by atoms with Crippen molar-refractivity contribution >= 4 is 12.0 Å². The first-order valence-electron chi connectivity index (χ1n) is 16.3. The van der Waals surface area contributed by atoms with Crippen LogP contribution in [0.15, 0.2) is 55.1 Å². The first kappa shape index (κ1) is 30.4. The minimum atomic E-state index is -4.47. The fourth-order valence-electron chi connectivity index (χ4n) is 9.43. The van der Waals surface area contributed by atoms with E-state index in [1.165, 1.54) is 24.6 Å². The van der Waals surface area contributed by atoms with E-state index in [0.717, 1.165) is 55.5 Å². The molecule has 2 aromatic carbocycles. The van der Waals surface area contributed by atoms with Crippen LogP contribution in [0, 0.1) is 5.92 Å². The normalized spacial score (nSPS) is 31.0. The monoisotopic (exact) mass is 622 g/mol. The lowest BCUT2D eigenvalue weighted by molar-refractivity contribution is -0.200. The minimum absolute atomic E-state index is 0.0418. The van der Waals surface area contributed by atoms with Crippen molar-refractivity contribution in [3.8, 4) is 11.5 Å². The van der Waals surface area contributed by atoms with Crippen LogP contribution in [-0.4, -0.2) is 69.3 Å². The summed E-state index contributed by atoms with van der Waals surface area (Å²) in [6, 6.07) is 8.06. The molecule has 240 valence electrons. The van der Waals surface area contributed by atoms with E-state index in [1.54, 1.807) is 12.1 Å². The van der Waals surface area contributed by atoms with Gasteiger partial charge in [0, 0.05) is 30.8 Å². The first-order chi connectivity index (χ1) is 21.6. The van der Waals surface area contributed by atoms with Crippen molar-refractivity contribution in [1.29, 1.82) is 0 Å². The zero-order valence-corrected chi connectivity index (χ0v) is 25.4. The maximum atomic E-state index is 14.2. The molecule has 5 atom stereocenters. The Morgan fingerprint density at radius 2 is 1.93 bits per heavy atom. The summed E-state index contributed by atoms with van der Waals surface area (Å²) in [7, 11) is 0. The highest BCUT2D eigenvalue weighted by Crippen LogP contribution is 2.66. The molecule has 2 N–H and O–H groups in total. The molecule has 0 aromatic heterocycles. The van der Waals surface area contributed by atoms with Gasteiger partial charge in [-0.05, 0) is 86.4 Å². The summed E-state index contributed by atoms with van der Waals surface area (Å²) >= 11 is 0. The SMILES string of the molecule is C=CCN1CC[C@]23c4c5ccc(O)c4O[C@H]2[C@@H](N(CC2CCCCC2)C(=O)C=Cc2cccc(C(F)(F)F)c2)CC[C@@]3(O)[C@H]1C5. The lowest BCUT2D eigenvalue weighted by Gasteiger charge is -2.64. The lowest BCUT2D eigenvalue weighted by atomic mass is 9.48. The van der Waals surface area contributed by atoms with E-state index >= 15 is 0 Å². The predicted octanol–water partition coefficient (Wildman–Crippen LogP) is 6.24. The summed E-state index contributed by atoms with van der Waals surface area (Å²) in [4.78, 5) is 18.4. The Balaban J connectivity index is 1.27. The van der Waals surface area contributed by atoms with Gasteiger partial charge >= 0.3 is 6.18 Å². The molecule has 3 fully saturated rings. The molecule has 9 heteroatoms. The zero-order valence-electron chi connectivity index (χ0n) is 25.4. The quantitative estimate of drug-likeness (QED) is 0.283. The summed E-state index contributed by atoms with van der Waals surface area (Å²) in [5.74, 6) is 0.498. The number of aliphatic hydroxyl groups is 1. The van der Waals surface area contributed by atoms with Gasteiger partial charge in [-0.25, -0.2) is 0 Å². The highest BCUT2D eigenvalue weighted by atomic mass is 19.4. The van der Waals surface area contributed by atoms with Gasteiger partial charge in [-0.3, -0.25) is 9.69 Å². The number of nitrogens with zero attached hydrogens (tertiary/aromatic N) is 2. The number of amides is 1. The van der Waals surface area contributed by atoms with Crippen molar-refractivity contribution in [3.63, 3.8) is 0 Å². The fraction of sp³-hybridized carbons (Fsp3) is 0.528. The van der Waals surface area contributed by atoms with E-state index in [4.69, 9.17) is 4.74 Å². The predicted molar refractivity (Wildman–Crippen MR) is 165 cm³/mol. The number of rotatable bonds is 7. The van der Waals surface area contributed by atoms with Gasteiger partial charge in [0.1, 0.15) is 6.10 Å². The summed E-state index contributed by atoms with van der Waals surface area (Å²) in [5, 5.41) is 23.8. The van der Waals surface area contributed by atoms with E-state index in [0.29, 0.717) is 56.0 Å². The summed E-state index contributed by atoms with van der Waals surface area (Å²) in [6.45, 7) is 5.85. The number of hydrogen-bond acceptors (Lipinski definition) is 5. The number of halogens is 3. The summed E-state index contributed by atoms with van der Waals surface area (Å²) in [5.41, 5.74) is -0.423. The van der Waals surface area contributed by atoms with E-state index in [9.17, 15) is 28.2 Å². The zero-order chi connectivity index (χ0) is 31.6. The Morgan fingerprint density at radius 3 is 2.69 bits per heavy atom. The lowest BCUT2D eigenvalue weighted by Crippen LogP contribution is -2.78. The number of hydrogen-bond donors (Lipinski definition) is 2. The van der Waals surface area contributed by atoms with Gasteiger partial charge in [0.2, 0.25) is 5.91 Å². The molecule has 2 aromatic rings. The Kier molecular flexibility index (Phi) is 7.55. The third-order valence-corrected chi connectivity index (χ3v) is 11.4. The van der Waals surface area contributed by atoms with E-state index in [2.05, 4.69) is 11.5 Å². The van der Waals surface area contributed by atoms with Crippen LogP contribution in [0.1, 0.15) is 73.6 Å². The van der Waals surface area contributed by atoms with Crippen molar-refractivity contribution in [2.24, 2.45) is 5.92 Å². The third kappa shape index (κ3) is 4.80. The minimum Gasteiger partial charge on any atom is -0.504 e. The second-order valence-electron chi connectivity index (χ2n) is 13.7. The molecular weight excluding hydrogens is 581 g/mol. The van der Waals surface area contributed by atoms with Crippen LogP contribution in [0.3, 0.4) is 0 Å². The molecule has 2 aliphatic heterocycles. The molecule has 0 radical (unpaired) electrons. The molecule has 2 saturated carbocycles. The van der Waals surface area contributed by atoms with Crippen LogP contribution in [0.2, 0.25) is 0 Å². The van der Waals surface area contributed by atoms with E-state index in [-0.39, 0.29) is 23.7 Å². The number of benzene rings is 2. The van der Waals surface area contributed by atoms with Crippen LogP contribution in [-0.2, 0) is 22.8 Å². The van der Waals surface area contributed by atoms with Gasteiger partial charge in [0.25, 0.3) is 0 Å².